The lowest BCUT2D eigenvalue weighted by Gasteiger charge is -2.18. The van der Waals surface area contributed by atoms with E-state index in [2.05, 4.69) is 5.32 Å². The third kappa shape index (κ3) is 2.67. The molecule has 5 heteroatoms. The molecule has 0 saturated carbocycles. The zero-order valence-corrected chi connectivity index (χ0v) is 10.0. The highest BCUT2D eigenvalue weighted by Gasteiger charge is 2.26. The molecule has 0 aromatic carbocycles. The van der Waals surface area contributed by atoms with E-state index in [-0.39, 0.29) is 17.9 Å². The summed E-state index contributed by atoms with van der Waals surface area (Å²) in [7, 11) is 1.76. The first-order valence-corrected chi connectivity index (χ1v) is 5.65. The normalized spacial score (nSPS) is 22.0. The molecule has 0 radical (unpaired) electrons. The van der Waals surface area contributed by atoms with Crippen LogP contribution in [-0.4, -0.2) is 36.4 Å². The number of nitrogens with one attached hydrogen (secondary N) is 1. The fraction of sp³-hybridized carbons (Fsp3) is 0.500. The first kappa shape index (κ1) is 11.7. The van der Waals surface area contributed by atoms with Crippen LogP contribution in [0.5, 0.6) is 0 Å². The van der Waals surface area contributed by atoms with Crippen LogP contribution in [0.2, 0.25) is 0 Å². The Morgan fingerprint density at radius 2 is 2.35 bits per heavy atom. The van der Waals surface area contributed by atoms with Gasteiger partial charge in [0, 0.05) is 26.9 Å². The van der Waals surface area contributed by atoms with Crippen LogP contribution in [-0.2, 0) is 14.3 Å². The van der Waals surface area contributed by atoms with Gasteiger partial charge in [0.15, 0.2) is 12.0 Å². The molecule has 1 aliphatic carbocycles. The maximum Gasteiger partial charge on any atom is 0.219 e. The van der Waals surface area contributed by atoms with E-state index >= 15 is 0 Å². The summed E-state index contributed by atoms with van der Waals surface area (Å²) in [4.78, 5) is 23.9. The van der Waals surface area contributed by atoms with E-state index < -0.39 is 0 Å². The summed E-state index contributed by atoms with van der Waals surface area (Å²) in [6, 6.07) is 0. The molecule has 1 unspecified atom stereocenters. The van der Waals surface area contributed by atoms with Gasteiger partial charge in [0.05, 0.1) is 12.1 Å². The smallest absolute Gasteiger partial charge is 0.219 e. The number of rotatable bonds is 3. The minimum atomic E-state index is -0.141. The molecule has 92 valence electrons. The van der Waals surface area contributed by atoms with Crippen molar-refractivity contribution >= 4 is 11.7 Å². The van der Waals surface area contributed by atoms with E-state index in [1.54, 1.807) is 24.1 Å². The molecule has 1 atom stereocenters. The van der Waals surface area contributed by atoms with Crippen LogP contribution < -0.4 is 5.32 Å². The summed E-state index contributed by atoms with van der Waals surface area (Å²) in [6.07, 6.45) is 4.19. The highest BCUT2D eigenvalue weighted by Crippen LogP contribution is 2.24. The van der Waals surface area contributed by atoms with Crippen molar-refractivity contribution in [1.29, 1.82) is 0 Å². The fourth-order valence-corrected chi connectivity index (χ4v) is 1.79. The van der Waals surface area contributed by atoms with Crippen LogP contribution in [0.25, 0.3) is 0 Å². The number of hydrogen-bond donors (Lipinski definition) is 1. The summed E-state index contributed by atoms with van der Waals surface area (Å²) in [6.45, 7) is 2.17. The van der Waals surface area contributed by atoms with Crippen LogP contribution >= 0.6 is 0 Å². The van der Waals surface area contributed by atoms with E-state index in [1.807, 2.05) is 0 Å². The third-order valence-corrected chi connectivity index (χ3v) is 2.94. The molecule has 1 N–H and O–H groups in total. The Hall–Kier alpha value is -1.78. The molecule has 0 saturated heterocycles. The predicted molar refractivity (Wildman–Crippen MR) is 61.7 cm³/mol. The highest BCUT2D eigenvalue weighted by atomic mass is 16.5. The molecule has 5 nitrogen and oxygen atoms in total. The van der Waals surface area contributed by atoms with Gasteiger partial charge in [0.1, 0.15) is 5.76 Å². The first-order chi connectivity index (χ1) is 8.06. The van der Waals surface area contributed by atoms with Gasteiger partial charge in [-0.25, -0.2) is 0 Å². The van der Waals surface area contributed by atoms with E-state index in [0.717, 1.165) is 5.70 Å². The zero-order valence-electron chi connectivity index (χ0n) is 10.0. The summed E-state index contributed by atoms with van der Waals surface area (Å²) >= 11 is 0. The molecule has 1 amide bonds. The second kappa shape index (κ2) is 4.61. The molecule has 0 fully saturated rings. The fourth-order valence-electron chi connectivity index (χ4n) is 1.79. The van der Waals surface area contributed by atoms with Gasteiger partial charge in [-0.15, -0.1) is 0 Å². The summed E-state index contributed by atoms with van der Waals surface area (Å²) in [5, 5.41) is 3.19. The molecule has 2 aliphatic rings. The number of carbonyl (C=O) groups excluding carboxylic acids is 2. The molecule has 0 spiro atoms. The molecular formula is C12H16N2O3. The number of hydrogen-bond acceptors (Lipinski definition) is 4. The van der Waals surface area contributed by atoms with Crippen LogP contribution in [0.4, 0.5) is 0 Å². The molecule has 1 aliphatic heterocycles. The lowest BCUT2D eigenvalue weighted by atomic mass is 10.1. The van der Waals surface area contributed by atoms with Gasteiger partial charge in [0.25, 0.3) is 0 Å². The number of carbonyl (C=O) groups is 2. The first-order valence-electron chi connectivity index (χ1n) is 5.65. The largest absolute Gasteiger partial charge is 0.472 e. The molecular weight excluding hydrogens is 220 g/mol. The number of nitrogens with zero attached hydrogens (tertiary/aromatic N) is 1. The highest BCUT2D eigenvalue weighted by molar-refractivity contribution is 5.93. The van der Waals surface area contributed by atoms with E-state index in [0.29, 0.717) is 25.1 Å². The Morgan fingerprint density at radius 3 is 3.06 bits per heavy atom. The maximum absolute atomic E-state index is 11.2. The number of ketones is 1. The molecule has 2 rings (SSSR count). The van der Waals surface area contributed by atoms with Crippen molar-refractivity contribution in [3.05, 3.63) is 23.6 Å². The maximum atomic E-state index is 11.2. The minimum absolute atomic E-state index is 0.0378. The summed E-state index contributed by atoms with van der Waals surface area (Å²) < 4.78 is 5.62. The Balaban J connectivity index is 1.83. The van der Waals surface area contributed by atoms with Gasteiger partial charge in [-0.2, -0.15) is 0 Å². The Bertz CT molecular complexity index is 412. The van der Waals surface area contributed by atoms with Gasteiger partial charge < -0.3 is 15.0 Å². The lowest BCUT2D eigenvalue weighted by molar-refractivity contribution is -0.127. The van der Waals surface area contributed by atoms with Gasteiger partial charge in [0.2, 0.25) is 5.91 Å². The SMILES string of the molecule is CC(=O)N(C)CCC1NC2=C(CC(=O)C=C2)O1. The van der Waals surface area contributed by atoms with Gasteiger partial charge >= 0.3 is 0 Å². The van der Waals surface area contributed by atoms with Crippen molar-refractivity contribution < 1.29 is 14.3 Å². The van der Waals surface area contributed by atoms with Gasteiger partial charge in [-0.3, -0.25) is 9.59 Å². The zero-order chi connectivity index (χ0) is 12.4. The third-order valence-electron chi connectivity index (χ3n) is 2.94. The predicted octanol–water partition coefficient (Wildman–Crippen LogP) is 0.541. The molecule has 0 bridgehead atoms. The van der Waals surface area contributed by atoms with Crippen LogP contribution in [0, 0.1) is 0 Å². The molecule has 1 heterocycles. The molecule has 0 aromatic heterocycles. The van der Waals surface area contributed by atoms with Crippen molar-refractivity contribution in [1.82, 2.24) is 10.2 Å². The van der Waals surface area contributed by atoms with Crippen molar-refractivity contribution in [3.8, 4) is 0 Å². The minimum Gasteiger partial charge on any atom is -0.472 e. The number of ether oxygens (including phenoxy) is 1. The topological polar surface area (TPSA) is 58.6 Å². The Kier molecular flexibility index (Phi) is 3.17. The molecule has 17 heavy (non-hydrogen) atoms. The second-order valence-corrected chi connectivity index (χ2v) is 4.29. The van der Waals surface area contributed by atoms with Crippen molar-refractivity contribution in [3.63, 3.8) is 0 Å². The van der Waals surface area contributed by atoms with E-state index in [4.69, 9.17) is 4.74 Å². The standard InChI is InChI=1S/C12H16N2O3/c1-8(15)14(2)6-5-12-13-10-4-3-9(16)7-11(10)17-12/h3-4,12-13H,5-7H2,1-2H3. The van der Waals surface area contributed by atoms with Crippen LogP contribution in [0.1, 0.15) is 19.8 Å². The lowest BCUT2D eigenvalue weighted by Crippen LogP contribution is -2.32. The second-order valence-electron chi connectivity index (χ2n) is 4.29. The molecule has 0 aromatic rings. The van der Waals surface area contributed by atoms with Gasteiger partial charge in [-0.05, 0) is 12.2 Å². The van der Waals surface area contributed by atoms with Crippen LogP contribution in [0.3, 0.4) is 0 Å². The van der Waals surface area contributed by atoms with Crippen molar-refractivity contribution in [2.75, 3.05) is 13.6 Å². The number of amides is 1. The van der Waals surface area contributed by atoms with Crippen molar-refractivity contribution in [2.24, 2.45) is 0 Å². The van der Waals surface area contributed by atoms with Crippen LogP contribution in [0.15, 0.2) is 23.6 Å². The average Bonchev–Trinajstić information content (AvgIpc) is 2.67. The Morgan fingerprint density at radius 1 is 1.59 bits per heavy atom. The monoisotopic (exact) mass is 236 g/mol. The average molecular weight is 236 g/mol. The summed E-state index contributed by atoms with van der Waals surface area (Å²) in [5.74, 6) is 0.816. The Labute approximate surface area is 100 Å². The van der Waals surface area contributed by atoms with E-state index in [9.17, 15) is 9.59 Å². The van der Waals surface area contributed by atoms with Gasteiger partial charge in [-0.1, -0.05) is 0 Å². The van der Waals surface area contributed by atoms with E-state index in [1.165, 1.54) is 6.92 Å². The van der Waals surface area contributed by atoms with Crippen molar-refractivity contribution in [2.45, 2.75) is 26.0 Å². The summed E-state index contributed by atoms with van der Waals surface area (Å²) in [5.41, 5.74) is 0.889. The number of allylic oxidation sites excluding steroid dienone is 3. The quantitative estimate of drug-likeness (QED) is 0.777.